The maximum Gasteiger partial charge on any atom is 0.340 e. The predicted molar refractivity (Wildman–Crippen MR) is 398 cm³/mol. The van der Waals surface area contributed by atoms with Crippen molar-refractivity contribution < 1.29 is 48.3 Å². The number of benzene rings is 6. The van der Waals surface area contributed by atoms with Crippen LogP contribution in [0.4, 0.5) is 0 Å². The van der Waals surface area contributed by atoms with Gasteiger partial charge in [-0.15, -0.1) is 0 Å². The van der Waals surface area contributed by atoms with Gasteiger partial charge in [0.15, 0.2) is 17.8 Å². The maximum atomic E-state index is 16.8. The van der Waals surface area contributed by atoms with Crippen molar-refractivity contribution in [3.8, 4) is 5.75 Å². The summed E-state index contributed by atoms with van der Waals surface area (Å²) in [4.78, 5) is 48.4. The minimum atomic E-state index is -1.40. The summed E-state index contributed by atoms with van der Waals surface area (Å²) in [7, 11) is 1.54. The number of hydrogen-bond donors (Lipinski definition) is 3. The zero-order chi connectivity index (χ0) is 69.8. The van der Waals surface area contributed by atoms with Crippen molar-refractivity contribution in [2.75, 3.05) is 26.9 Å². The Labute approximate surface area is 604 Å². The highest BCUT2D eigenvalue weighted by Crippen LogP contribution is 2.67. The molecule has 3 N–H and O–H groups in total. The SMILES string of the molecule is COCC(CCO)c1c(CO)c2ccc3c(c2oc1=O)C1OC(=O)CC2CC4C=CC2c2ccc5c(c2)C2CC6C7C=Cc8ccccc8C7CC6C(C)(O3)C1OC(=O)C(=C(C)CO)CC5C(C2)C1(CCCCC1)c1ccc(cc1)Cc1ccc2c(c1)C13c5cccc4c5CCC1CCCC3C=C2. The number of methoxy groups -OCH3 is 1. The van der Waals surface area contributed by atoms with E-state index in [1.807, 2.05) is 19.1 Å². The Bertz CT molecular complexity index is 4780. The fraction of sp³-hybridized carbons (Fsp3) is 0.467. The molecule has 4 aliphatic heterocycles. The van der Waals surface area contributed by atoms with Crippen LogP contribution < -0.4 is 10.4 Å². The number of aliphatic hydroxyl groups is 3. The van der Waals surface area contributed by atoms with Gasteiger partial charge in [0, 0.05) is 65.7 Å². The van der Waals surface area contributed by atoms with Gasteiger partial charge in [-0.05, 0) is 252 Å². The van der Waals surface area contributed by atoms with Crippen LogP contribution >= 0.6 is 0 Å². The number of ether oxygens (including phenoxy) is 4. The Morgan fingerprint density at radius 3 is 2.38 bits per heavy atom. The van der Waals surface area contributed by atoms with Crippen molar-refractivity contribution in [1.29, 1.82) is 0 Å². The first-order valence-electron chi connectivity index (χ1n) is 39.2. The molecule has 1 aromatic heterocycles. The molecule has 11 nitrogen and oxygen atoms in total. The zero-order valence-electron chi connectivity index (χ0n) is 59.8. The second-order valence-corrected chi connectivity index (χ2v) is 33.7. The van der Waals surface area contributed by atoms with Crippen molar-refractivity contribution >= 4 is 35.1 Å². The Balaban J connectivity index is 0.885. The summed E-state index contributed by atoms with van der Waals surface area (Å²) in [6, 6.07) is 44.4. The van der Waals surface area contributed by atoms with E-state index in [1.165, 1.54) is 85.2 Å². The van der Waals surface area contributed by atoms with E-state index in [0.29, 0.717) is 58.9 Å². The molecule has 5 heterocycles. The summed E-state index contributed by atoms with van der Waals surface area (Å²) >= 11 is 0. The van der Waals surface area contributed by atoms with Crippen LogP contribution in [0.25, 0.3) is 23.1 Å². The molecule has 20 bridgehead atoms. The van der Waals surface area contributed by atoms with Crippen molar-refractivity contribution in [3.05, 3.63) is 250 Å². The molecule has 17 aliphatic rings. The highest BCUT2D eigenvalue weighted by molar-refractivity contribution is 5.91. The zero-order valence-corrected chi connectivity index (χ0v) is 59.8. The molecule has 24 rings (SSSR count). The number of hydrogen-bond acceptors (Lipinski definition) is 11. The molecule has 1 saturated heterocycles. The number of carbonyl (C=O) groups is 2. The van der Waals surface area contributed by atoms with Crippen LogP contribution in [0.5, 0.6) is 5.75 Å². The fourth-order valence-corrected chi connectivity index (χ4v) is 24.7. The van der Waals surface area contributed by atoms with Crippen LogP contribution in [-0.2, 0) is 54.1 Å². The molecule has 11 heteroatoms. The molecule has 103 heavy (non-hydrogen) atoms. The van der Waals surface area contributed by atoms with E-state index in [1.54, 1.807) is 7.11 Å². The third-order valence-corrected chi connectivity index (χ3v) is 29.1. The van der Waals surface area contributed by atoms with Crippen molar-refractivity contribution in [1.82, 2.24) is 0 Å². The third-order valence-electron chi connectivity index (χ3n) is 29.1. The Morgan fingerprint density at radius 1 is 0.709 bits per heavy atom. The number of rotatable bonds is 7. The lowest BCUT2D eigenvalue weighted by Crippen LogP contribution is -2.59. The molecule has 17 unspecified atom stereocenters. The molecule has 6 aromatic carbocycles. The molecule has 3 saturated carbocycles. The van der Waals surface area contributed by atoms with E-state index in [9.17, 15) is 15.3 Å². The van der Waals surface area contributed by atoms with Crippen LogP contribution in [-0.4, -0.2) is 65.9 Å². The maximum absolute atomic E-state index is 16.8. The van der Waals surface area contributed by atoms with Gasteiger partial charge in [0.25, 0.3) is 0 Å². The Kier molecular flexibility index (Phi) is 16.2. The highest BCUT2D eigenvalue weighted by atomic mass is 16.6. The van der Waals surface area contributed by atoms with Crippen LogP contribution in [0.1, 0.15) is 247 Å². The molecule has 13 aliphatic carbocycles. The molecule has 530 valence electrons. The van der Waals surface area contributed by atoms with E-state index >= 15 is 14.4 Å². The van der Waals surface area contributed by atoms with Gasteiger partial charge in [-0.25, -0.2) is 9.59 Å². The van der Waals surface area contributed by atoms with E-state index in [2.05, 4.69) is 147 Å². The van der Waals surface area contributed by atoms with Gasteiger partial charge in [0.1, 0.15) is 11.3 Å². The molecule has 0 amide bonds. The van der Waals surface area contributed by atoms with Gasteiger partial charge in [0.2, 0.25) is 0 Å². The molecule has 0 radical (unpaired) electrons. The molecular weight excluding hydrogens is 1280 g/mol. The lowest BCUT2D eigenvalue weighted by molar-refractivity contribution is -0.202. The van der Waals surface area contributed by atoms with E-state index in [4.69, 9.17) is 23.4 Å². The summed E-state index contributed by atoms with van der Waals surface area (Å²) in [6.07, 6.45) is 27.5. The van der Waals surface area contributed by atoms with Crippen LogP contribution in [0.2, 0.25) is 0 Å². The minimum Gasteiger partial charge on any atom is -0.483 e. The number of fused-ring (bicyclic) bond motifs is 10. The minimum absolute atomic E-state index is 0.0120. The van der Waals surface area contributed by atoms with Gasteiger partial charge < -0.3 is 38.7 Å². The van der Waals surface area contributed by atoms with Gasteiger partial charge in [-0.1, -0.05) is 165 Å². The first kappa shape index (κ1) is 65.8. The van der Waals surface area contributed by atoms with Gasteiger partial charge >= 0.3 is 17.6 Å². The lowest BCUT2D eigenvalue weighted by atomic mass is 9.48. The number of carbonyl (C=O) groups excluding carboxylic acids is 2. The quantitative estimate of drug-likeness (QED) is 0.0603. The molecule has 2 spiro atoms. The predicted octanol–water partition coefficient (Wildman–Crippen LogP) is 17.4. The molecule has 17 atom stereocenters. The molecule has 4 fully saturated rings. The first-order valence-corrected chi connectivity index (χ1v) is 39.2. The van der Waals surface area contributed by atoms with Gasteiger partial charge in [0.05, 0.1) is 25.4 Å². The second-order valence-electron chi connectivity index (χ2n) is 33.7. The first-order chi connectivity index (χ1) is 50.3. The monoisotopic (exact) mass is 1380 g/mol. The highest BCUT2D eigenvalue weighted by Gasteiger charge is 2.64. The number of allylic oxidation sites excluding steroid dienone is 4. The van der Waals surface area contributed by atoms with Crippen molar-refractivity contribution in [3.63, 3.8) is 0 Å². The average molecular weight is 1380 g/mol. The van der Waals surface area contributed by atoms with E-state index in [-0.39, 0.29) is 119 Å². The van der Waals surface area contributed by atoms with Crippen LogP contribution in [0.15, 0.2) is 160 Å². The van der Waals surface area contributed by atoms with E-state index < -0.39 is 47.9 Å². The summed E-state index contributed by atoms with van der Waals surface area (Å²) in [5, 5.41) is 34.1. The van der Waals surface area contributed by atoms with Gasteiger partial charge in [-0.2, -0.15) is 0 Å². The smallest absolute Gasteiger partial charge is 0.340 e. The Morgan fingerprint density at radius 2 is 1.54 bits per heavy atom. The van der Waals surface area contributed by atoms with Crippen molar-refractivity contribution in [2.45, 2.75) is 200 Å². The summed E-state index contributed by atoms with van der Waals surface area (Å²) < 4.78 is 35.2. The third kappa shape index (κ3) is 10.1. The lowest BCUT2D eigenvalue weighted by Gasteiger charge is -2.55. The van der Waals surface area contributed by atoms with Crippen molar-refractivity contribution in [2.24, 2.45) is 41.4 Å². The van der Waals surface area contributed by atoms with Crippen LogP contribution in [0, 0.1) is 41.4 Å². The summed E-state index contributed by atoms with van der Waals surface area (Å²) in [6.45, 7) is 2.87. The normalized spacial score (nSPS) is 33.0. The Hall–Kier alpha value is -7.93. The fourth-order valence-electron chi connectivity index (χ4n) is 24.7. The van der Waals surface area contributed by atoms with E-state index in [0.717, 1.165) is 70.6 Å². The summed E-state index contributed by atoms with van der Waals surface area (Å²) in [5.41, 5.74) is 16.6. The second kappa shape index (κ2) is 25.4. The van der Waals surface area contributed by atoms with Crippen LogP contribution in [0.3, 0.4) is 0 Å². The number of aliphatic hydroxyl groups excluding tert-OH is 3. The summed E-state index contributed by atoms with van der Waals surface area (Å²) in [5.74, 6) is -1.21. The number of esters is 2. The standard InChI is InChI=1S/C92H96O11/c1-51(48-94)71-46-75-67-31-24-57-42-72(67)60-43-74-68-30-22-54-11-5-6-14-65(54)73(68)47-79(74)90(2)87(102-88(71)97)86(84-81(103-90)34-33-70-76(49-95)83(89(98)101-85(70)84)58(35-38-93)50-99-3)100-82(96)45-59-41-56(23-29-64(57)59)66-15-10-16-77-69(66)32-28-63-13-9-12-62-27-21-55-20-17-53(40-78(55)92(62,63)77)39-52-18-25-61(26-19-52)91(80(75)44-60)36-7-4-8-37-91/h5-6,10-11,14-27,29-31,33-34,40,42,56,58-60,62-64,68,73-75,79-80,86-87,93-95H,4,7-9,12-13,28,32,35-39,41,43-50H2,1-3H3. The molecule has 7 aromatic rings. The molecular formula is C92H96O11. The topological polar surface area (TPSA) is 162 Å². The van der Waals surface area contributed by atoms with Gasteiger partial charge in [-0.3, -0.25) is 4.79 Å². The largest absolute Gasteiger partial charge is 0.483 e. The average Bonchev–Trinajstić information content (AvgIpc) is 1.68.